The van der Waals surface area contributed by atoms with Gasteiger partial charge in [-0.2, -0.15) is 0 Å². The molecule has 0 bridgehead atoms. The second-order valence-corrected chi connectivity index (χ2v) is 4.18. The Labute approximate surface area is 108 Å². The minimum Gasteiger partial charge on any atom is -0.394 e. The van der Waals surface area contributed by atoms with E-state index in [1.165, 1.54) is 18.2 Å². The largest absolute Gasteiger partial charge is 0.394 e. The van der Waals surface area contributed by atoms with Crippen LogP contribution in [0.2, 0.25) is 0 Å². The molecule has 0 aromatic heterocycles. The minimum atomic E-state index is -1.28. The van der Waals surface area contributed by atoms with Crippen LogP contribution in [0.5, 0.6) is 0 Å². The van der Waals surface area contributed by atoms with Crippen LogP contribution in [0.4, 0.5) is 11.4 Å². The van der Waals surface area contributed by atoms with Gasteiger partial charge in [0.15, 0.2) is 6.23 Å². The molecule has 4 N–H and O–H groups in total. The van der Waals surface area contributed by atoms with Crippen LogP contribution in [0.1, 0.15) is 0 Å². The molecule has 8 nitrogen and oxygen atoms in total. The highest BCUT2D eigenvalue weighted by atomic mass is 16.6. The van der Waals surface area contributed by atoms with Crippen LogP contribution in [-0.4, -0.2) is 51.4 Å². The predicted molar refractivity (Wildman–Crippen MR) is 64.5 cm³/mol. The molecule has 0 aliphatic carbocycles. The van der Waals surface area contributed by atoms with Crippen molar-refractivity contribution in [2.24, 2.45) is 0 Å². The van der Waals surface area contributed by atoms with Gasteiger partial charge in [-0.3, -0.25) is 10.1 Å². The summed E-state index contributed by atoms with van der Waals surface area (Å²) in [6.45, 7) is -0.451. The Balaban J connectivity index is 2.16. The normalized spacial score (nSPS) is 30.3. The third kappa shape index (κ3) is 2.66. The molecule has 1 saturated heterocycles. The van der Waals surface area contributed by atoms with E-state index in [2.05, 4.69) is 5.32 Å². The van der Waals surface area contributed by atoms with Crippen molar-refractivity contribution >= 4 is 11.4 Å². The third-order valence-electron chi connectivity index (χ3n) is 2.94. The lowest BCUT2D eigenvalue weighted by Gasteiger charge is -2.17. The first-order chi connectivity index (χ1) is 9.04. The average Bonchev–Trinajstić information content (AvgIpc) is 2.67. The maximum absolute atomic E-state index is 10.8. The van der Waals surface area contributed by atoms with Crippen LogP contribution in [0.25, 0.3) is 0 Å². The van der Waals surface area contributed by atoms with Crippen LogP contribution in [0.15, 0.2) is 24.3 Å². The summed E-state index contributed by atoms with van der Waals surface area (Å²) in [5.74, 6) is 0. The van der Waals surface area contributed by atoms with Crippen molar-refractivity contribution in [1.29, 1.82) is 0 Å². The predicted octanol–water partition coefficient (Wildman–Crippen LogP) is -0.554. The average molecular weight is 270 g/mol. The fraction of sp³-hybridized carbons (Fsp3) is 0.455. The number of nitrogens with zero attached hydrogens (tertiary/aromatic N) is 1. The molecule has 0 saturated carbocycles. The molecule has 8 heteroatoms. The van der Waals surface area contributed by atoms with Crippen molar-refractivity contribution < 1.29 is 25.0 Å². The smallest absolute Gasteiger partial charge is 0.292 e. The fourth-order valence-corrected chi connectivity index (χ4v) is 1.93. The molecule has 1 heterocycles. The molecule has 0 spiro atoms. The second-order valence-electron chi connectivity index (χ2n) is 4.18. The van der Waals surface area contributed by atoms with Gasteiger partial charge in [-0.05, 0) is 6.07 Å². The van der Waals surface area contributed by atoms with E-state index in [4.69, 9.17) is 9.84 Å². The molecular formula is C11H14N2O6. The highest BCUT2D eigenvalue weighted by Crippen LogP contribution is 2.28. The monoisotopic (exact) mass is 270 g/mol. The number of benzene rings is 1. The number of nitrogens with one attached hydrogen (secondary N) is 1. The highest BCUT2D eigenvalue weighted by molar-refractivity contribution is 5.61. The van der Waals surface area contributed by atoms with Gasteiger partial charge in [0.2, 0.25) is 0 Å². The molecule has 1 aromatic carbocycles. The number of para-hydroxylation sites is 2. The number of hydrogen-bond acceptors (Lipinski definition) is 7. The number of anilines is 1. The zero-order chi connectivity index (χ0) is 14.0. The maximum Gasteiger partial charge on any atom is 0.292 e. The minimum absolute atomic E-state index is 0.166. The molecule has 19 heavy (non-hydrogen) atoms. The fourth-order valence-electron chi connectivity index (χ4n) is 1.93. The summed E-state index contributed by atoms with van der Waals surface area (Å²) >= 11 is 0. The summed E-state index contributed by atoms with van der Waals surface area (Å²) in [7, 11) is 0. The lowest BCUT2D eigenvalue weighted by atomic mass is 10.1. The van der Waals surface area contributed by atoms with Crippen molar-refractivity contribution in [3.05, 3.63) is 34.4 Å². The molecule has 0 amide bonds. The molecule has 2 rings (SSSR count). The topological polar surface area (TPSA) is 125 Å². The lowest BCUT2D eigenvalue weighted by Crippen LogP contribution is -2.36. The molecule has 1 aromatic rings. The van der Waals surface area contributed by atoms with E-state index in [1.807, 2.05) is 0 Å². The van der Waals surface area contributed by atoms with Gasteiger partial charge < -0.3 is 25.4 Å². The van der Waals surface area contributed by atoms with Crippen molar-refractivity contribution in [3.8, 4) is 0 Å². The summed E-state index contributed by atoms with van der Waals surface area (Å²) < 4.78 is 5.19. The van der Waals surface area contributed by atoms with Crippen molar-refractivity contribution in [2.75, 3.05) is 11.9 Å². The molecule has 1 fully saturated rings. The van der Waals surface area contributed by atoms with E-state index in [0.717, 1.165) is 0 Å². The van der Waals surface area contributed by atoms with Crippen LogP contribution in [-0.2, 0) is 4.74 Å². The Morgan fingerprint density at radius 2 is 2.00 bits per heavy atom. The van der Waals surface area contributed by atoms with E-state index in [-0.39, 0.29) is 11.4 Å². The number of aliphatic hydroxyl groups is 3. The summed E-state index contributed by atoms with van der Waals surface area (Å²) in [5, 5.41) is 41.7. The van der Waals surface area contributed by atoms with Crippen molar-refractivity contribution in [3.63, 3.8) is 0 Å². The number of ether oxygens (including phenoxy) is 1. The first-order valence-electron chi connectivity index (χ1n) is 5.67. The number of hydrogen-bond donors (Lipinski definition) is 4. The zero-order valence-corrected chi connectivity index (χ0v) is 9.84. The zero-order valence-electron chi connectivity index (χ0n) is 9.84. The molecule has 104 valence electrons. The standard InChI is InChI=1S/C11H14N2O6/c14-5-8-9(15)10(16)11(19-8)12-6-3-1-2-4-7(6)13(17)18/h1-4,8-12,14-16H,5H2/t8-,9-,10+,11+/m1/s1. The molecule has 0 unspecified atom stereocenters. The van der Waals surface area contributed by atoms with Gasteiger partial charge in [-0.15, -0.1) is 0 Å². The highest BCUT2D eigenvalue weighted by Gasteiger charge is 2.42. The number of aliphatic hydroxyl groups excluding tert-OH is 3. The summed E-state index contributed by atoms with van der Waals surface area (Å²) in [6.07, 6.45) is -4.47. The van der Waals surface area contributed by atoms with E-state index >= 15 is 0 Å². The van der Waals surface area contributed by atoms with Gasteiger partial charge in [0, 0.05) is 6.07 Å². The Kier molecular flexibility index (Phi) is 3.96. The third-order valence-corrected chi connectivity index (χ3v) is 2.94. The van der Waals surface area contributed by atoms with Crippen molar-refractivity contribution in [2.45, 2.75) is 24.5 Å². The SMILES string of the molecule is O=[N+]([O-])c1ccccc1N[C@H]1O[C@H](CO)[C@@H](O)[C@@H]1O. The Hall–Kier alpha value is -1.74. The van der Waals surface area contributed by atoms with Gasteiger partial charge in [-0.25, -0.2) is 0 Å². The number of rotatable bonds is 4. The Bertz CT molecular complexity index is 468. The summed E-state index contributed by atoms with van der Waals surface area (Å²) in [4.78, 5) is 10.3. The Morgan fingerprint density at radius 3 is 2.58 bits per heavy atom. The molecule has 4 atom stereocenters. The van der Waals surface area contributed by atoms with Gasteiger partial charge in [-0.1, -0.05) is 12.1 Å². The Morgan fingerprint density at radius 1 is 1.32 bits per heavy atom. The first kappa shape index (κ1) is 13.7. The molecule has 1 aliphatic rings. The number of nitro groups is 1. The quantitative estimate of drug-likeness (QED) is 0.427. The van der Waals surface area contributed by atoms with Crippen LogP contribution in [0.3, 0.4) is 0 Å². The van der Waals surface area contributed by atoms with Crippen molar-refractivity contribution in [1.82, 2.24) is 0 Å². The molecular weight excluding hydrogens is 256 g/mol. The van der Waals surface area contributed by atoms with Gasteiger partial charge in [0.25, 0.3) is 5.69 Å². The second kappa shape index (κ2) is 5.49. The van der Waals surface area contributed by atoms with Gasteiger partial charge >= 0.3 is 0 Å². The molecule has 0 radical (unpaired) electrons. The van der Waals surface area contributed by atoms with E-state index in [9.17, 15) is 20.3 Å². The van der Waals surface area contributed by atoms with E-state index in [1.54, 1.807) is 6.07 Å². The molecule has 1 aliphatic heterocycles. The summed E-state index contributed by atoms with van der Waals surface area (Å²) in [6, 6.07) is 5.88. The number of nitro benzene ring substituents is 1. The lowest BCUT2D eigenvalue weighted by molar-refractivity contribution is -0.384. The van der Waals surface area contributed by atoms with Gasteiger partial charge in [0.1, 0.15) is 24.0 Å². The summed E-state index contributed by atoms with van der Waals surface area (Å²) in [5.41, 5.74) is 0.00239. The first-order valence-corrected chi connectivity index (χ1v) is 5.67. The van der Waals surface area contributed by atoms with E-state index in [0.29, 0.717) is 0 Å². The van der Waals surface area contributed by atoms with Crippen LogP contribution in [0, 0.1) is 10.1 Å². The van der Waals surface area contributed by atoms with Crippen LogP contribution >= 0.6 is 0 Å². The maximum atomic E-state index is 10.8. The van der Waals surface area contributed by atoms with Crippen LogP contribution < -0.4 is 5.32 Å². The van der Waals surface area contributed by atoms with Gasteiger partial charge in [0.05, 0.1) is 11.5 Å². The van der Waals surface area contributed by atoms with E-state index < -0.39 is 36.1 Å².